The Kier molecular flexibility index (Phi) is 3.99. The molecule has 0 unspecified atom stereocenters. The number of carbonyl (C=O) groups is 2. The number of hydrogen-bond acceptors (Lipinski definition) is 4. The lowest BCUT2D eigenvalue weighted by Gasteiger charge is -2.33. The standard InChI is InChI=1S/C10H16N2O3/c1-4-8(13)12-6-5-11-9(10(12)14)7(2)15-3/h4,7,9,11H,1,5-6H2,2-3H3/t7-,9+/m1/s1. The van der Waals surface area contributed by atoms with Crippen LogP contribution in [0.5, 0.6) is 0 Å². The van der Waals surface area contributed by atoms with Gasteiger partial charge in [-0.1, -0.05) is 6.58 Å². The highest BCUT2D eigenvalue weighted by molar-refractivity contribution is 6.03. The maximum Gasteiger partial charge on any atom is 0.252 e. The number of nitrogens with one attached hydrogen (secondary N) is 1. The summed E-state index contributed by atoms with van der Waals surface area (Å²) in [5.74, 6) is -0.602. The van der Waals surface area contributed by atoms with E-state index in [0.29, 0.717) is 13.1 Å². The summed E-state index contributed by atoms with van der Waals surface area (Å²) in [6.45, 7) is 6.13. The van der Waals surface area contributed by atoms with Gasteiger partial charge in [0, 0.05) is 20.2 Å². The molecule has 0 bridgehead atoms. The molecule has 1 fully saturated rings. The van der Waals surface area contributed by atoms with E-state index >= 15 is 0 Å². The van der Waals surface area contributed by atoms with Gasteiger partial charge in [0.1, 0.15) is 6.04 Å². The van der Waals surface area contributed by atoms with Crippen molar-refractivity contribution < 1.29 is 14.3 Å². The summed E-state index contributed by atoms with van der Waals surface area (Å²) in [5.41, 5.74) is 0. The lowest BCUT2D eigenvalue weighted by Crippen LogP contribution is -2.60. The molecule has 0 radical (unpaired) electrons. The molecule has 84 valence electrons. The molecule has 2 amide bonds. The minimum atomic E-state index is -0.451. The number of carbonyl (C=O) groups excluding carboxylic acids is 2. The van der Waals surface area contributed by atoms with Crippen LogP contribution in [0.2, 0.25) is 0 Å². The highest BCUT2D eigenvalue weighted by Crippen LogP contribution is 2.08. The fourth-order valence-corrected chi connectivity index (χ4v) is 1.53. The van der Waals surface area contributed by atoms with Crippen molar-refractivity contribution >= 4 is 11.8 Å². The van der Waals surface area contributed by atoms with Crippen molar-refractivity contribution in [2.75, 3.05) is 20.2 Å². The fourth-order valence-electron chi connectivity index (χ4n) is 1.53. The molecule has 1 aliphatic heterocycles. The molecule has 0 aliphatic carbocycles. The molecule has 1 rings (SSSR count). The van der Waals surface area contributed by atoms with E-state index in [9.17, 15) is 9.59 Å². The predicted octanol–water partition coefficient (Wildman–Crippen LogP) is -0.466. The summed E-state index contributed by atoms with van der Waals surface area (Å²) in [6, 6.07) is -0.451. The molecular formula is C10H16N2O3. The molecule has 15 heavy (non-hydrogen) atoms. The van der Waals surface area contributed by atoms with Crippen molar-refractivity contribution in [3.8, 4) is 0 Å². The highest BCUT2D eigenvalue weighted by Gasteiger charge is 2.34. The Balaban J connectivity index is 2.75. The summed E-state index contributed by atoms with van der Waals surface area (Å²) in [5, 5.41) is 3.03. The van der Waals surface area contributed by atoms with Crippen LogP contribution >= 0.6 is 0 Å². The Morgan fingerprint density at radius 3 is 3.00 bits per heavy atom. The van der Waals surface area contributed by atoms with Gasteiger partial charge in [-0.25, -0.2) is 0 Å². The first-order chi connectivity index (χ1) is 7.11. The highest BCUT2D eigenvalue weighted by atomic mass is 16.5. The van der Waals surface area contributed by atoms with Crippen molar-refractivity contribution in [1.29, 1.82) is 0 Å². The van der Waals surface area contributed by atoms with Crippen LogP contribution < -0.4 is 5.32 Å². The van der Waals surface area contributed by atoms with E-state index in [0.717, 1.165) is 6.08 Å². The zero-order valence-corrected chi connectivity index (χ0v) is 9.03. The number of amides is 2. The first-order valence-corrected chi connectivity index (χ1v) is 4.85. The number of ether oxygens (including phenoxy) is 1. The molecule has 1 aliphatic rings. The Morgan fingerprint density at radius 1 is 1.80 bits per heavy atom. The van der Waals surface area contributed by atoms with Gasteiger partial charge in [-0.2, -0.15) is 0 Å². The number of methoxy groups -OCH3 is 1. The van der Waals surface area contributed by atoms with Gasteiger partial charge in [0.05, 0.1) is 6.10 Å². The van der Waals surface area contributed by atoms with Crippen LogP contribution in [0.1, 0.15) is 6.92 Å². The van der Waals surface area contributed by atoms with Gasteiger partial charge in [0.2, 0.25) is 5.91 Å². The SMILES string of the molecule is C=CC(=O)N1CCN[C@@H]([C@@H](C)OC)C1=O. The largest absolute Gasteiger partial charge is 0.380 e. The Morgan fingerprint density at radius 2 is 2.47 bits per heavy atom. The molecular weight excluding hydrogens is 196 g/mol. The summed E-state index contributed by atoms with van der Waals surface area (Å²) in [6.07, 6.45) is 0.899. The zero-order valence-electron chi connectivity index (χ0n) is 9.03. The predicted molar refractivity (Wildman–Crippen MR) is 55.2 cm³/mol. The Bertz CT molecular complexity index is 278. The third-order valence-electron chi connectivity index (χ3n) is 2.51. The van der Waals surface area contributed by atoms with Crippen molar-refractivity contribution in [1.82, 2.24) is 10.2 Å². The van der Waals surface area contributed by atoms with E-state index in [-0.39, 0.29) is 17.9 Å². The van der Waals surface area contributed by atoms with E-state index in [2.05, 4.69) is 11.9 Å². The second kappa shape index (κ2) is 5.04. The molecule has 0 aromatic rings. The van der Waals surface area contributed by atoms with E-state index < -0.39 is 6.04 Å². The van der Waals surface area contributed by atoms with Crippen molar-refractivity contribution in [3.63, 3.8) is 0 Å². The smallest absolute Gasteiger partial charge is 0.252 e. The van der Waals surface area contributed by atoms with Gasteiger partial charge in [-0.15, -0.1) is 0 Å². The molecule has 2 atom stereocenters. The summed E-state index contributed by atoms with van der Waals surface area (Å²) < 4.78 is 5.07. The summed E-state index contributed by atoms with van der Waals surface area (Å²) >= 11 is 0. The van der Waals surface area contributed by atoms with Gasteiger partial charge in [-0.05, 0) is 13.0 Å². The van der Waals surface area contributed by atoms with E-state index in [1.165, 1.54) is 12.0 Å². The lowest BCUT2D eigenvalue weighted by molar-refractivity contribution is -0.147. The molecule has 0 aromatic carbocycles. The van der Waals surface area contributed by atoms with Crippen molar-refractivity contribution in [3.05, 3.63) is 12.7 Å². The van der Waals surface area contributed by atoms with Gasteiger partial charge in [-0.3, -0.25) is 14.5 Å². The molecule has 0 aromatic heterocycles. The van der Waals surface area contributed by atoms with Crippen LogP contribution in [0, 0.1) is 0 Å². The molecule has 0 saturated carbocycles. The van der Waals surface area contributed by atoms with E-state index in [1.807, 2.05) is 0 Å². The van der Waals surface area contributed by atoms with E-state index in [4.69, 9.17) is 4.74 Å². The zero-order chi connectivity index (χ0) is 11.4. The fraction of sp³-hybridized carbons (Fsp3) is 0.600. The molecule has 1 saturated heterocycles. The number of rotatable bonds is 3. The maximum atomic E-state index is 11.8. The van der Waals surface area contributed by atoms with Crippen molar-refractivity contribution in [2.45, 2.75) is 19.1 Å². The minimum absolute atomic E-state index is 0.250. The first kappa shape index (κ1) is 11.9. The monoisotopic (exact) mass is 212 g/mol. The van der Waals surface area contributed by atoms with Crippen LogP contribution in [0.25, 0.3) is 0 Å². The second-order valence-corrected chi connectivity index (χ2v) is 3.40. The maximum absolute atomic E-state index is 11.8. The topological polar surface area (TPSA) is 58.6 Å². The number of nitrogens with zero attached hydrogens (tertiary/aromatic N) is 1. The number of hydrogen-bond donors (Lipinski definition) is 1. The van der Waals surface area contributed by atoms with Crippen molar-refractivity contribution in [2.24, 2.45) is 0 Å². The van der Waals surface area contributed by atoms with Gasteiger partial charge in [0.25, 0.3) is 5.91 Å². The van der Waals surface area contributed by atoms with E-state index in [1.54, 1.807) is 6.92 Å². The summed E-state index contributed by atoms with van der Waals surface area (Å²) in [4.78, 5) is 24.4. The number of piperazine rings is 1. The van der Waals surface area contributed by atoms with Gasteiger partial charge in [0.15, 0.2) is 0 Å². The quantitative estimate of drug-likeness (QED) is 0.643. The van der Waals surface area contributed by atoms with Crippen LogP contribution in [0.15, 0.2) is 12.7 Å². The van der Waals surface area contributed by atoms with Crippen LogP contribution in [0.3, 0.4) is 0 Å². The molecule has 1 N–H and O–H groups in total. The average molecular weight is 212 g/mol. The Hall–Kier alpha value is -1.20. The second-order valence-electron chi connectivity index (χ2n) is 3.40. The van der Waals surface area contributed by atoms with Crippen LogP contribution in [-0.2, 0) is 14.3 Å². The minimum Gasteiger partial charge on any atom is -0.380 e. The molecule has 1 heterocycles. The summed E-state index contributed by atoms with van der Waals surface area (Å²) in [7, 11) is 1.54. The van der Waals surface area contributed by atoms with Gasteiger partial charge < -0.3 is 10.1 Å². The normalized spacial score (nSPS) is 23.7. The average Bonchev–Trinajstić information content (AvgIpc) is 2.27. The molecule has 5 heteroatoms. The third-order valence-corrected chi connectivity index (χ3v) is 2.51. The first-order valence-electron chi connectivity index (χ1n) is 4.85. The van der Waals surface area contributed by atoms with Crippen LogP contribution in [0.4, 0.5) is 0 Å². The Labute approximate surface area is 89.1 Å². The molecule has 0 spiro atoms. The van der Waals surface area contributed by atoms with Crippen LogP contribution in [-0.4, -0.2) is 49.1 Å². The van der Waals surface area contributed by atoms with Gasteiger partial charge >= 0.3 is 0 Å². The lowest BCUT2D eigenvalue weighted by atomic mass is 10.1. The third kappa shape index (κ3) is 2.43. The number of imide groups is 1. The molecule has 5 nitrogen and oxygen atoms in total.